The van der Waals surface area contributed by atoms with Gasteiger partial charge in [-0.2, -0.15) is 0 Å². The maximum Gasteiger partial charge on any atom is 0.264 e. The number of rotatable bonds is 6. The van der Waals surface area contributed by atoms with E-state index in [-0.39, 0.29) is 47.2 Å². The molecule has 0 saturated heterocycles. The molecule has 3 aromatic carbocycles. The highest BCUT2D eigenvalue weighted by atomic mass is 35.5. The predicted octanol–water partition coefficient (Wildman–Crippen LogP) is 6.17. The number of anilines is 2. The van der Waals surface area contributed by atoms with E-state index in [0.29, 0.717) is 27.2 Å². The zero-order valence-corrected chi connectivity index (χ0v) is 21.7. The molecule has 3 aromatic rings. The molecule has 10 heteroatoms. The minimum absolute atomic E-state index is 0.0192. The molecule has 0 atom stereocenters. The second-order valence-corrected chi connectivity index (χ2v) is 9.70. The number of nitrogens with zero attached hydrogens (tertiary/aromatic N) is 1. The van der Waals surface area contributed by atoms with Gasteiger partial charge < -0.3 is 15.4 Å². The van der Waals surface area contributed by atoms with Crippen LogP contribution in [0.4, 0.5) is 11.4 Å². The molecule has 0 aromatic heterocycles. The van der Waals surface area contributed by atoms with Crippen molar-refractivity contribution < 1.29 is 19.1 Å². The van der Waals surface area contributed by atoms with Gasteiger partial charge in [0.25, 0.3) is 11.8 Å². The third-order valence-electron chi connectivity index (χ3n) is 5.53. The molecule has 0 saturated carbocycles. The van der Waals surface area contributed by atoms with Gasteiger partial charge in [0.1, 0.15) is 5.75 Å². The number of hydrogen-bond donors (Lipinski definition) is 2. The van der Waals surface area contributed by atoms with E-state index in [1.54, 1.807) is 62.4 Å². The average molecular weight is 547 g/mol. The number of carbonyl (C=O) groups is 3. The number of amides is 3. The second kappa shape index (κ2) is 10.8. The van der Waals surface area contributed by atoms with Crippen molar-refractivity contribution in [1.82, 2.24) is 5.32 Å². The highest BCUT2D eigenvalue weighted by Crippen LogP contribution is 2.35. The molecule has 7 nitrogen and oxygen atoms in total. The summed E-state index contributed by atoms with van der Waals surface area (Å²) in [6.07, 6.45) is 0. The maximum atomic E-state index is 13.2. The molecule has 0 unspecified atom stereocenters. The van der Waals surface area contributed by atoms with Crippen LogP contribution < -0.4 is 20.3 Å². The van der Waals surface area contributed by atoms with Gasteiger partial charge in [0, 0.05) is 23.2 Å². The number of ether oxygens (including phenoxy) is 1. The Kier molecular flexibility index (Phi) is 7.73. The standard InChI is InChI=1S/C26H22Cl3N3O4/c1-14(2)24(33)30-12-15-3-6-20(28)18(9-15)25(34)31-17-5-8-23-19(11-17)26(35)32(13-36-23)22-7-4-16(27)10-21(22)29/h3-11,14H,12-13H2,1-2H3,(H,30,33)(H,31,34). The molecule has 186 valence electrons. The summed E-state index contributed by atoms with van der Waals surface area (Å²) in [6.45, 7) is 3.85. The number of halogens is 3. The molecule has 0 radical (unpaired) electrons. The molecular weight excluding hydrogens is 525 g/mol. The predicted molar refractivity (Wildman–Crippen MR) is 141 cm³/mol. The minimum atomic E-state index is -0.459. The van der Waals surface area contributed by atoms with Crippen LogP contribution in [0, 0.1) is 5.92 Å². The fraction of sp³-hybridized carbons (Fsp3) is 0.192. The van der Waals surface area contributed by atoms with Crippen LogP contribution in [0.25, 0.3) is 0 Å². The first kappa shape index (κ1) is 25.8. The summed E-state index contributed by atoms with van der Waals surface area (Å²) in [5.41, 5.74) is 2.07. The summed E-state index contributed by atoms with van der Waals surface area (Å²) >= 11 is 18.5. The average Bonchev–Trinajstić information content (AvgIpc) is 2.84. The van der Waals surface area contributed by atoms with E-state index in [1.807, 2.05) is 0 Å². The Balaban J connectivity index is 1.53. The number of nitrogens with one attached hydrogen (secondary N) is 2. The summed E-state index contributed by atoms with van der Waals surface area (Å²) < 4.78 is 5.73. The van der Waals surface area contributed by atoms with Crippen LogP contribution in [0.1, 0.15) is 40.1 Å². The molecule has 0 spiro atoms. The number of hydrogen-bond acceptors (Lipinski definition) is 4. The Morgan fingerprint density at radius 1 is 1.00 bits per heavy atom. The Hall–Kier alpha value is -3.26. The van der Waals surface area contributed by atoms with Gasteiger partial charge in [0.05, 0.1) is 26.9 Å². The first-order chi connectivity index (χ1) is 17.1. The van der Waals surface area contributed by atoms with Crippen molar-refractivity contribution in [2.24, 2.45) is 5.92 Å². The third kappa shape index (κ3) is 5.59. The molecule has 1 aliphatic heterocycles. The maximum absolute atomic E-state index is 13.2. The summed E-state index contributed by atoms with van der Waals surface area (Å²) in [7, 11) is 0. The van der Waals surface area contributed by atoms with Gasteiger partial charge in [-0.15, -0.1) is 0 Å². The van der Waals surface area contributed by atoms with Crippen LogP contribution in [-0.2, 0) is 11.3 Å². The molecule has 3 amide bonds. The van der Waals surface area contributed by atoms with E-state index in [2.05, 4.69) is 10.6 Å². The SMILES string of the molecule is CC(C)C(=O)NCc1ccc(Cl)c(C(=O)Nc2ccc3c(c2)C(=O)N(c2ccc(Cl)cc2Cl)CO3)c1. The first-order valence-corrected chi connectivity index (χ1v) is 12.2. The van der Waals surface area contributed by atoms with Crippen molar-refractivity contribution in [2.45, 2.75) is 20.4 Å². The second-order valence-electron chi connectivity index (χ2n) is 8.45. The van der Waals surface area contributed by atoms with Crippen molar-refractivity contribution in [3.8, 4) is 5.75 Å². The van der Waals surface area contributed by atoms with Crippen LogP contribution in [-0.4, -0.2) is 24.5 Å². The topological polar surface area (TPSA) is 87.7 Å². The first-order valence-electron chi connectivity index (χ1n) is 11.1. The molecule has 36 heavy (non-hydrogen) atoms. The van der Waals surface area contributed by atoms with E-state index in [0.717, 1.165) is 5.56 Å². The van der Waals surface area contributed by atoms with Gasteiger partial charge in [-0.05, 0) is 54.1 Å². The monoisotopic (exact) mass is 545 g/mol. The Bertz CT molecular complexity index is 1360. The zero-order chi connectivity index (χ0) is 26.0. The highest BCUT2D eigenvalue weighted by molar-refractivity contribution is 6.37. The van der Waals surface area contributed by atoms with Gasteiger partial charge in [-0.25, -0.2) is 0 Å². The lowest BCUT2D eigenvalue weighted by Gasteiger charge is -2.29. The summed E-state index contributed by atoms with van der Waals surface area (Å²) in [4.78, 5) is 39.5. The lowest BCUT2D eigenvalue weighted by atomic mass is 10.1. The van der Waals surface area contributed by atoms with Gasteiger partial charge >= 0.3 is 0 Å². The third-order valence-corrected chi connectivity index (χ3v) is 6.40. The van der Waals surface area contributed by atoms with Crippen LogP contribution in [0.5, 0.6) is 5.75 Å². The fourth-order valence-corrected chi connectivity index (χ4v) is 4.28. The fourth-order valence-electron chi connectivity index (χ4n) is 3.57. The van der Waals surface area contributed by atoms with Crippen molar-refractivity contribution in [3.05, 3.63) is 86.4 Å². The van der Waals surface area contributed by atoms with Crippen molar-refractivity contribution in [2.75, 3.05) is 16.9 Å². The molecule has 1 heterocycles. The van der Waals surface area contributed by atoms with Crippen molar-refractivity contribution in [1.29, 1.82) is 0 Å². The summed E-state index contributed by atoms with van der Waals surface area (Å²) in [5, 5.41) is 6.60. The van der Waals surface area contributed by atoms with E-state index in [4.69, 9.17) is 39.5 Å². The van der Waals surface area contributed by atoms with E-state index >= 15 is 0 Å². The van der Waals surface area contributed by atoms with Crippen LogP contribution in [0.15, 0.2) is 54.6 Å². The largest absolute Gasteiger partial charge is 0.472 e. The Labute approximate surface area is 223 Å². The van der Waals surface area contributed by atoms with Crippen LogP contribution >= 0.6 is 34.8 Å². The molecular formula is C26H22Cl3N3O4. The normalized spacial score (nSPS) is 12.7. The number of benzene rings is 3. The number of fused-ring (bicyclic) bond motifs is 1. The van der Waals surface area contributed by atoms with Crippen LogP contribution in [0.3, 0.4) is 0 Å². The molecule has 2 N–H and O–H groups in total. The van der Waals surface area contributed by atoms with E-state index in [1.165, 1.54) is 11.0 Å². The van der Waals surface area contributed by atoms with Crippen LogP contribution in [0.2, 0.25) is 15.1 Å². The summed E-state index contributed by atoms with van der Waals surface area (Å²) in [5.74, 6) is -0.648. The highest BCUT2D eigenvalue weighted by Gasteiger charge is 2.29. The van der Waals surface area contributed by atoms with Crippen molar-refractivity contribution >= 4 is 63.9 Å². The van der Waals surface area contributed by atoms with Gasteiger partial charge in [0.2, 0.25) is 5.91 Å². The quantitative estimate of drug-likeness (QED) is 0.387. The van der Waals surface area contributed by atoms with E-state index in [9.17, 15) is 14.4 Å². The van der Waals surface area contributed by atoms with Gasteiger partial charge in [0.15, 0.2) is 6.73 Å². The van der Waals surface area contributed by atoms with Gasteiger partial charge in [-0.3, -0.25) is 19.3 Å². The van der Waals surface area contributed by atoms with Crippen molar-refractivity contribution in [3.63, 3.8) is 0 Å². The smallest absolute Gasteiger partial charge is 0.264 e. The zero-order valence-electron chi connectivity index (χ0n) is 19.4. The minimum Gasteiger partial charge on any atom is -0.472 e. The number of carbonyl (C=O) groups excluding carboxylic acids is 3. The van der Waals surface area contributed by atoms with Gasteiger partial charge in [-0.1, -0.05) is 54.7 Å². The Morgan fingerprint density at radius 2 is 1.78 bits per heavy atom. The Morgan fingerprint density at radius 3 is 2.50 bits per heavy atom. The molecule has 0 bridgehead atoms. The molecule has 0 fully saturated rings. The lowest BCUT2D eigenvalue weighted by molar-refractivity contribution is -0.124. The van der Waals surface area contributed by atoms with E-state index < -0.39 is 5.91 Å². The summed E-state index contributed by atoms with van der Waals surface area (Å²) in [6, 6.07) is 14.6. The molecule has 4 rings (SSSR count). The molecule has 0 aliphatic carbocycles. The lowest BCUT2D eigenvalue weighted by Crippen LogP contribution is -2.39. The molecule has 1 aliphatic rings.